The van der Waals surface area contributed by atoms with Crippen molar-refractivity contribution in [3.05, 3.63) is 71.8 Å². The van der Waals surface area contributed by atoms with Crippen LogP contribution < -0.4 is 5.43 Å². The predicted molar refractivity (Wildman–Crippen MR) is 102 cm³/mol. The van der Waals surface area contributed by atoms with E-state index >= 15 is 0 Å². The number of carbonyl (C=O) groups excluding carboxylic acids is 1. The van der Waals surface area contributed by atoms with Gasteiger partial charge in [0.15, 0.2) is 0 Å². The van der Waals surface area contributed by atoms with Gasteiger partial charge in [0.2, 0.25) is 5.91 Å². The van der Waals surface area contributed by atoms with E-state index in [1.54, 1.807) is 18.2 Å². The van der Waals surface area contributed by atoms with Crippen molar-refractivity contribution < 1.29 is 15.0 Å². The van der Waals surface area contributed by atoms with Crippen molar-refractivity contribution in [2.24, 2.45) is 5.10 Å². The standard InChI is InChI=1S/C21H20N2O3/c24-17-11-8-15(9-12-17)4-3-7-21(26)23-22-14-19-18-6-2-1-5-16(18)10-13-20(19)25/h1-2,5-6,8-14,24-25H,3-4,7H2,(H,23,26). The van der Waals surface area contributed by atoms with Gasteiger partial charge in [0, 0.05) is 12.0 Å². The van der Waals surface area contributed by atoms with Gasteiger partial charge in [-0.15, -0.1) is 0 Å². The first-order chi connectivity index (χ1) is 12.6. The Morgan fingerprint density at radius 2 is 1.77 bits per heavy atom. The third kappa shape index (κ3) is 4.39. The second-order valence-electron chi connectivity index (χ2n) is 6.03. The second kappa shape index (κ2) is 8.16. The van der Waals surface area contributed by atoms with E-state index in [-0.39, 0.29) is 17.4 Å². The number of hydrazone groups is 1. The predicted octanol–water partition coefficient (Wildman–Crippen LogP) is 3.72. The van der Waals surface area contributed by atoms with E-state index in [0.29, 0.717) is 18.4 Å². The molecule has 0 aromatic heterocycles. The summed E-state index contributed by atoms with van der Waals surface area (Å²) < 4.78 is 0. The van der Waals surface area contributed by atoms with Crippen LogP contribution in [-0.4, -0.2) is 22.3 Å². The number of phenolic OH excluding ortho intramolecular Hbond substituents is 2. The van der Waals surface area contributed by atoms with Crippen LogP contribution >= 0.6 is 0 Å². The van der Waals surface area contributed by atoms with Gasteiger partial charge in [0.25, 0.3) is 0 Å². The Balaban J connectivity index is 1.54. The summed E-state index contributed by atoms with van der Waals surface area (Å²) in [6.45, 7) is 0. The number of nitrogens with one attached hydrogen (secondary N) is 1. The average molecular weight is 348 g/mol. The van der Waals surface area contributed by atoms with Gasteiger partial charge in [-0.3, -0.25) is 4.79 Å². The molecule has 0 aliphatic heterocycles. The highest BCUT2D eigenvalue weighted by Gasteiger charge is 2.05. The molecule has 0 heterocycles. The summed E-state index contributed by atoms with van der Waals surface area (Å²) in [5.74, 6) is 0.173. The van der Waals surface area contributed by atoms with Gasteiger partial charge in [-0.1, -0.05) is 42.5 Å². The summed E-state index contributed by atoms with van der Waals surface area (Å²) in [5.41, 5.74) is 4.14. The Labute approximate surface area is 151 Å². The molecule has 3 N–H and O–H groups in total. The highest BCUT2D eigenvalue weighted by molar-refractivity contribution is 6.02. The van der Waals surface area contributed by atoms with E-state index < -0.39 is 0 Å². The molecule has 0 saturated heterocycles. The molecule has 3 aromatic carbocycles. The number of benzene rings is 3. The van der Waals surface area contributed by atoms with Crippen molar-refractivity contribution in [2.45, 2.75) is 19.3 Å². The number of rotatable bonds is 6. The van der Waals surface area contributed by atoms with Crippen LogP contribution in [0.15, 0.2) is 65.8 Å². The lowest BCUT2D eigenvalue weighted by atomic mass is 10.0. The molecule has 0 aliphatic rings. The molecule has 26 heavy (non-hydrogen) atoms. The molecule has 132 valence electrons. The number of carbonyl (C=O) groups is 1. The summed E-state index contributed by atoms with van der Waals surface area (Å²) in [4.78, 5) is 11.9. The van der Waals surface area contributed by atoms with Crippen LogP contribution in [0, 0.1) is 0 Å². The highest BCUT2D eigenvalue weighted by atomic mass is 16.3. The molecule has 0 fully saturated rings. The molecule has 0 spiro atoms. The van der Waals surface area contributed by atoms with E-state index in [4.69, 9.17) is 0 Å². The first-order valence-electron chi connectivity index (χ1n) is 8.44. The minimum absolute atomic E-state index is 0.119. The lowest BCUT2D eigenvalue weighted by Crippen LogP contribution is -2.17. The van der Waals surface area contributed by atoms with Gasteiger partial charge in [-0.2, -0.15) is 5.10 Å². The molecular formula is C21H20N2O3. The summed E-state index contributed by atoms with van der Waals surface area (Å²) in [5, 5.41) is 25.1. The molecule has 5 nitrogen and oxygen atoms in total. The molecule has 0 bridgehead atoms. The zero-order valence-electron chi connectivity index (χ0n) is 14.2. The van der Waals surface area contributed by atoms with Gasteiger partial charge in [0.05, 0.1) is 6.21 Å². The van der Waals surface area contributed by atoms with Crippen molar-refractivity contribution >= 4 is 22.9 Å². The zero-order chi connectivity index (χ0) is 18.4. The smallest absolute Gasteiger partial charge is 0.240 e. The van der Waals surface area contributed by atoms with E-state index in [0.717, 1.165) is 22.8 Å². The Bertz CT molecular complexity index is 934. The maximum Gasteiger partial charge on any atom is 0.240 e. The van der Waals surface area contributed by atoms with Crippen LogP contribution in [0.5, 0.6) is 11.5 Å². The van der Waals surface area contributed by atoms with Gasteiger partial charge >= 0.3 is 0 Å². The summed E-state index contributed by atoms with van der Waals surface area (Å²) in [6.07, 6.45) is 3.25. The third-order valence-electron chi connectivity index (χ3n) is 4.14. The van der Waals surface area contributed by atoms with Crippen molar-refractivity contribution in [3.8, 4) is 11.5 Å². The Morgan fingerprint density at radius 3 is 2.58 bits per heavy atom. The van der Waals surface area contributed by atoms with E-state index in [1.807, 2.05) is 42.5 Å². The Hall–Kier alpha value is -3.34. The maximum absolute atomic E-state index is 11.9. The van der Waals surface area contributed by atoms with Gasteiger partial charge in [0.1, 0.15) is 11.5 Å². The zero-order valence-corrected chi connectivity index (χ0v) is 14.2. The minimum atomic E-state index is -0.181. The van der Waals surface area contributed by atoms with Gasteiger partial charge in [-0.05, 0) is 47.4 Å². The first kappa shape index (κ1) is 17.5. The van der Waals surface area contributed by atoms with Crippen molar-refractivity contribution in [1.29, 1.82) is 0 Å². The fraction of sp³-hybridized carbons (Fsp3) is 0.143. The van der Waals surface area contributed by atoms with Crippen LogP contribution in [0.4, 0.5) is 0 Å². The molecule has 0 unspecified atom stereocenters. The van der Waals surface area contributed by atoms with Crippen LogP contribution in [0.2, 0.25) is 0 Å². The van der Waals surface area contributed by atoms with Crippen LogP contribution in [-0.2, 0) is 11.2 Å². The van der Waals surface area contributed by atoms with E-state index in [2.05, 4.69) is 10.5 Å². The number of aromatic hydroxyl groups is 2. The molecule has 0 aliphatic carbocycles. The van der Waals surface area contributed by atoms with Crippen LogP contribution in [0.25, 0.3) is 10.8 Å². The minimum Gasteiger partial charge on any atom is -0.508 e. The highest BCUT2D eigenvalue weighted by Crippen LogP contribution is 2.25. The number of phenols is 2. The third-order valence-corrected chi connectivity index (χ3v) is 4.14. The number of hydrogen-bond donors (Lipinski definition) is 3. The number of amides is 1. The maximum atomic E-state index is 11.9. The average Bonchev–Trinajstić information content (AvgIpc) is 2.65. The van der Waals surface area contributed by atoms with Crippen molar-refractivity contribution in [3.63, 3.8) is 0 Å². The largest absolute Gasteiger partial charge is 0.508 e. The molecule has 0 saturated carbocycles. The lowest BCUT2D eigenvalue weighted by Gasteiger charge is -2.05. The fourth-order valence-corrected chi connectivity index (χ4v) is 2.76. The SMILES string of the molecule is O=C(CCCc1ccc(O)cc1)NN=Cc1c(O)ccc2ccccc12. The molecule has 5 heteroatoms. The summed E-state index contributed by atoms with van der Waals surface area (Å²) in [6, 6.07) is 18.1. The first-order valence-corrected chi connectivity index (χ1v) is 8.44. The fourth-order valence-electron chi connectivity index (χ4n) is 2.76. The van der Waals surface area contributed by atoms with Crippen LogP contribution in [0.1, 0.15) is 24.0 Å². The Kier molecular flexibility index (Phi) is 5.49. The molecule has 0 atom stereocenters. The van der Waals surface area contributed by atoms with Gasteiger partial charge < -0.3 is 10.2 Å². The Morgan fingerprint density at radius 1 is 1.00 bits per heavy atom. The number of fused-ring (bicyclic) bond motifs is 1. The van der Waals surface area contributed by atoms with Crippen molar-refractivity contribution in [1.82, 2.24) is 5.43 Å². The van der Waals surface area contributed by atoms with Crippen LogP contribution in [0.3, 0.4) is 0 Å². The molecule has 3 aromatic rings. The molecule has 0 radical (unpaired) electrons. The normalized spacial score (nSPS) is 11.1. The monoisotopic (exact) mass is 348 g/mol. The summed E-state index contributed by atoms with van der Waals surface area (Å²) in [7, 11) is 0. The number of aryl methyl sites for hydroxylation is 1. The van der Waals surface area contributed by atoms with E-state index in [1.165, 1.54) is 6.21 Å². The molecular weight excluding hydrogens is 328 g/mol. The van der Waals surface area contributed by atoms with E-state index in [9.17, 15) is 15.0 Å². The lowest BCUT2D eigenvalue weighted by molar-refractivity contribution is -0.121. The molecule has 1 amide bonds. The summed E-state index contributed by atoms with van der Waals surface area (Å²) >= 11 is 0. The van der Waals surface area contributed by atoms with Gasteiger partial charge in [-0.25, -0.2) is 5.43 Å². The topological polar surface area (TPSA) is 81.9 Å². The second-order valence-corrected chi connectivity index (χ2v) is 6.03. The molecule has 3 rings (SSSR count). The van der Waals surface area contributed by atoms with Crippen molar-refractivity contribution in [2.75, 3.05) is 0 Å². The quantitative estimate of drug-likeness (QED) is 0.469. The number of nitrogens with zero attached hydrogens (tertiary/aromatic N) is 1. The number of hydrogen-bond acceptors (Lipinski definition) is 4.